The van der Waals surface area contributed by atoms with Gasteiger partial charge in [-0.05, 0) is 30.4 Å². The van der Waals surface area contributed by atoms with Crippen LogP contribution in [0.1, 0.15) is 19.4 Å². The maximum absolute atomic E-state index is 12.1. The Labute approximate surface area is 115 Å². The summed E-state index contributed by atoms with van der Waals surface area (Å²) < 4.78 is 40.1. The predicted octanol–water partition coefficient (Wildman–Crippen LogP) is 3.82. The number of halogens is 3. The molecule has 19 heavy (non-hydrogen) atoms. The summed E-state index contributed by atoms with van der Waals surface area (Å²) in [6.07, 6.45) is -4.64. The molecule has 1 N–H and O–H groups in total. The van der Waals surface area contributed by atoms with Crippen molar-refractivity contribution < 1.29 is 17.9 Å². The van der Waals surface area contributed by atoms with Crippen LogP contribution in [0.15, 0.2) is 24.3 Å². The van der Waals surface area contributed by atoms with Crippen molar-refractivity contribution in [2.24, 2.45) is 0 Å². The van der Waals surface area contributed by atoms with E-state index in [1.54, 1.807) is 12.1 Å². The molecule has 2 nitrogen and oxygen atoms in total. The average Bonchev–Trinajstić information content (AvgIpc) is 2.32. The van der Waals surface area contributed by atoms with Crippen LogP contribution < -0.4 is 10.1 Å². The van der Waals surface area contributed by atoms with Crippen LogP contribution in [-0.4, -0.2) is 23.9 Å². The van der Waals surface area contributed by atoms with Crippen molar-refractivity contribution in [1.82, 2.24) is 5.32 Å². The van der Waals surface area contributed by atoms with Gasteiger partial charge in [0.1, 0.15) is 5.75 Å². The second-order valence-corrected chi connectivity index (χ2v) is 5.46. The van der Waals surface area contributed by atoms with E-state index in [4.69, 9.17) is 0 Å². The van der Waals surface area contributed by atoms with Crippen LogP contribution in [0.4, 0.5) is 13.2 Å². The number of rotatable bonds is 7. The summed E-state index contributed by atoms with van der Waals surface area (Å²) in [7, 11) is 0. The minimum atomic E-state index is -4.64. The van der Waals surface area contributed by atoms with Gasteiger partial charge < -0.3 is 10.1 Å². The molecule has 0 aliphatic heterocycles. The van der Waals surface area contributed by atoms with E-state index >= 15 is 0 Å². The molecule has 1 rings (SSSR count). The van der Waals surface area contributed by atoms with E-state index in [1.807, 2.05) is 11.8 Å². The maximum Gasteiger partial charge on any atom is 0.573 e. The largest absolute Gasteiger partial charge is 0.573 e. The molecule has 0 aliphatic rings. The van der Waals surface area contributed by atoms with Crippen molar-refractivity contribution in [2.75, 3.05) is 11.5 Å². The molecule has 108 valence electrons. The van der Waals surface area contributed by atoms with Crippen LogP contribution in [0.5, 0.6) is 5.75 Å². The molecule has 1 atom stereocenters. The van der Waals surface area contributed by atoms with Crippen LogP contribution in [0.2, 0.25) is 0 Å². The predicted molar refractivity (Wildman–Crippen MR) is 72.4 cm³/mol. The molecule has 0 saturated carbocycles. The number of hydrogen-bond acceptors (Lipinski definition) is 3. The third-order valence-corrected chi connectivity index (χ3v) is 3.50. The molecule has 0 bridgehead atoms. The second-order valence-electron chi connectivity index (χ2n) is 4.14. The number of benzene rings is 1. The van der Waals surface area contributed by atoms with Crippen molar-refractivity contribution in [3.8, 4) is 5.75 Å². The first-order chi connectivity index (χ1) is 8.90. The lowest BCUT2D eigenvalue weighted by atomic mass is 10.2. The Bertz CT molecular complexity index is 384. The molecular weight excluding hydrogens is 275 g/mol. The summed E-state index contributed by atoms with van der Waals surface area (Å²) in [6, 6.07) is 6.35. The van der Waals surface area contributed by atoms with Gasteiger partial charge in [0.25, 0.3) is 0 Å². The number of alkyl halides is 3. The van der Waals surface area contributed by atoms with Gasteiger partial charge in [0.15, 0.2) is 0 Å². The zero-order valence-electron chi connectivity index (χ0n) is 11.0. The van der Waals surface area contributed by atoms with Gasteiger partial charge in [-0.2, -0.15) is 11.8 Å². The van der Waals surface area contributed by atoms with Gasteiger partial charge in [-0.25, -0.2) is 0 Å². The van der Waals surface area contributed by atoms with Gasteiger partial charge in [0.05, 0.1) is 0 Å². The van der Waals surface area contributed by atoms with E-state index in [2.05, 4.69) is 23.9 Å². The third-order valence-electron chi connectivity index (χ3n) is 2.36. The summed E-state index contributed by atoms with van der Waals surface area (Å²) in [5.74, 6) is 1.86. The Morgan fingerprint density at radius 3 is 2.74 bits per heavy atom. The van der Waals surface area contributed by atoms with E-state index in [1.165, 1.54) is 12.1 Å². The highest BCUT2D eigenvalue weighted by Gasteiger charge is 2.31. The zero-order chi connectivity index (χ0) is 14.3. The molecule has 0 amide bonds. The molecule has 0 radical (unpaired) electrons. The van der Waals surface area contributed by atoms with Gasteiger partial charge in [-0.1, -0.05) is 19.1 Å². The standard InChI is InChI=1S/C13H18F3NOS/c1-3-19-9-10(2)17-8-11-5-4-6-12(7-11)18-13(14,15)16/h4-7,10,17H,3,8-9H2,1-2H3. The maximum atomic E-state index is 12.1. The van der Waals surface area contributed by atoms with E-state index in [0.717, 1.165) is 17.1 Å². The highest BCUT2D eigenvalue weighted by atomic mass is 32.2. The highest BCUT2D eigenvalue weighted by molar-refractivity contribution is 7.99. The molecule has 0 fully saturated rings. The summed E-state index contributed by atoms with van der Waals surface area (Å²) in [4.78, 5) is 0. The van der Waals surface area contributed by atoms with Crippen LogP contribution in [0.25, 0.3) is 0 Å². The minimum Gasteiger partial charge on any atom is -0.406 e. The fourth-order valence-electron chi connectivity index (χ4n) is 1.50. The van der Waals surface area contributed by atoms with Crippen molar-refractivity contribution >= 4 is 11.8 Å². The Balaban J connectivity index is 2.48. The van der Waals surface area contributed by atoms with Crippen molar-refractivity contribution in [2.45, 2.75) is 32.8 Å². The van der Waals surface area contributed by atoms with Crippen LogP contribution in [0.3, 0.4) is 0 Å². The van der Waals surface area contributed by atoms with Gasteiger partial charge in [-0.15, -0.1) is 13.2 Å². The molecule has 0 heterocycles. The number of hydrogen-bond donors (Lipinski definition) is 1. The van der Waals surface area contributed by atoms with E-state index in [-0.39, 0.29) is 5.75 Å². The Morgan fingerprint density at radius 2 is 2.11 bits per heavy atom. The Kier molecular flexibility index (Phi) is 6.51. The Hall–Kier alpha value is -0.880. The van der Waals surface area contributed by atoms with E-state index in [9.17, 15) is 13.2 Å². The molecular formula is C13H18F3NOS. The van der Waals surface area contributed by atoms with Crippen molar-refractivity contribution in [3.63, 3.8) is 0 Å². The lowest BCUT2D eigenvalue weighted by Crippen LogP contribution is -2.27. The van der Waals surface area contributed by atoms with E-state index < -0.39 is 6.36 Å². The normalized spacial score (nSPS) is 13.3. The molecule has 1 aromatic rings. The van der Waals surface area contributed by atoms with E-state index in [0.29, 0.717) is 12.6 Å². The lowest BCUT2D eigenvalue weighted by molar-refractivity contribution is -0.274. The van der Waals surface area contributed by atoms with Crippen LogP contribution in [-0.2, 0) is 6.54 Å². The Morgan fingerprint density at radius 1 is 1.37 bits per heavy atom. The fraction of sp³-hybridized carbons (Fsp3) is 0.538. The average molecular weight is 293 g/mol. The monoisotopic (exact) mass is 293 g/mol. The van der Waals surface area contributed by atoms with Crippen LogP contribution >= 0.6 is 11.8 Å². The summed E-state index contributed by atoms with van der Waals surface area (Å²) >= 11 is 1.83. The number of nitrogens with one attached hydrogen (secondary N) is 1. The summed E-state index contributed by atoms with van der Waals surface area (Å²) in [5, 5.41) is 3.27. The fourth-order valence-corrected chi connectivity index (χ4v) is 2.21. The molecule has 0 aliphatic carbocycles. The third kappa shape index (κ3) is 7.32. The van der Waals surface area contributed by atoms with Gasteiger partial charge in [0.2, 0.25) is 0 Å². The van der Waals surface area contributed by atoms with Gasteiger partial charge in [-0.3, -0.25) is 0 Å². The highest BCUT2D eigenvalue weighted by Crippen LogP contribution is 2.23. The first-order valence-electron chi connectivity index (χ1n) is 6.06. The molecule has 0 saturated heterocycles. The van der Waals surface area contributed by atoms with Crippen LogP contribution in [0, 0.1) is 0 Å². The molecule has 6 heteroatoms. The molecule has 0 aromatic heterocycles. The summed E-state index contributed by atoms with van der Waals surface area (Å²) in [5.41, 5.74) is 0.773. The molecule has 0 spiro atoms. The molecule has 1 unspecified atom stereocenters. The van der Waals surface area contributed by atoms with Crippen molar-refractivity contribution in [1.29, 1.82) is 0 Å². The number of thioether (sulfide) groups is 1. The van der Waals surface area contributed by atoms with Gasteiger partial charge in [0, 0.05) is 18.3 Å². The first kappa shape index (κ1) is 16.2. The quantitative estimate of drug-likeness (QED) is 0.826. The lowest BCUT2D eigenvalue weighted by Gasteiger charge is -2.14. The van der Waals surface area contributed by atoms with Gasteiger partial charge >= 0.3 is 6.36 Å². The summed E-state index contributed by atoms with van der Waals surface area (Å²) in [6.45, 7) is 4.68. The number of ether oxygens (including phenoxy) is 1. The molecule has 1 aromatic carbocycles. The minimum absolute atomic E-state index is 0.178. The smallest absolute Gasteiger partial charge is 0.406 e. The first-order valence-corrected chi connectivity index (χ1v) is 7.22. The zero-order valence-corrected chi connectivity index (χ0v) is 11.8. The topological polar surface area (TPSA) is 21.3 Å². The van der Waals surface area contributed by atoms with Crippen molar-refractivity contribution in [3.05, 3.63) is 29.8 Å². The second kappa shape index (κ2) is 7.65. The SMILES string of the molecule is CCSCC(C)NCc1cccc(OC(F)(F)F)c1.